The molecule has 3 unspecified atom stereocenters. The van der Waals surface area contributed by atoms with Crippen molar-refractivity contribution in [3.05, 3.63) is 0 Å². The van der Waals surface area contributed by atoms with E-state index in [1.165, 1.54) is 0 Å². The third-order valence-electron chi connectivity index (χ3n) is 5.71. The van der Waals surface area contributed by atoms with Crippen LogP contribution in [0.2, 0.25) is 0 Å². The average molecular weight is 296 g/mol. The summed E-state index contributed by atoms with van der Waals surface area (Å²) >= 11 is 0. The van der Waals surface area contributed by atoms with Crippen LogP contribution in [0.1, 0.15) is 40.0 Å². The van der Waals surface area contributed by atoms with Crippen LogP contribution in [0.3, 0.4) is 0 Å². The third kappa shape index (κ3) is 2.49. The van der Waals surface area contributed by atoms with Crippen LogP contribution in [-0.4, -0.2) is 50.5 Å². The SMILES string of the molecule is CCOC1CC(NC2C(=O)NCC2(C)C)C12CCOCC2. The number of ether oxygens (including phenoxy) is 2. The lowest BCUT2D eigenvalue weighted by Crippen LogP contribution is -2.68. The van der Waals surface area contributed by atoms with Crippen LogP contribution in [0.15, 0.2) is 0 Å². The summed E-state index contributed by atoms with van der Waals surface area (Å²) < 4.78 is 11.5. The van der Waals surface area contributed by atoms with Crippen LogP contribution >= 0.6 is 0 Å². The quantitative estimate of drug-likeness (QED) is 0.815. The first-order valence-corrected chi connectivity index (χ1v) is 8.23. The second-order valence-electron chi connectivity index (χ2n) is 7.38. The zero-order valence-corrected chi connectivity index (χ0v) is 13.4. The predicted molar refractivity (Wildman–Crippen MR) is 80.0 cm³/mol. The van der Waals surface area contributed by atoms with E-state index in [0.29, 0.717) is 12.1 Å². The van der Waals surface area contributed by atoms with Crippen molar-refractivity contribution in [2.75, 3.05) is 26.4 Å². The Morgan fingerprint density at radius 3 is 2.67 bits per heavy atom. The third-order valence-corrected chi connectivity index (χ3v) is 5.71. The minimum Gasteiger partial charge on any atom is -0.381 e. The second-order valence-corrected chi connectivity index (χ2v) is 7.38. The molecule has 1 saturated carbocycles. The molecule has 0 radical (unpaired) electrons. The van der Waals surface area contributed by atoms with Gasteiger partial charge in [0.1, 0.15) is 0 Å². The van der Waals surface area contributed by atoms with Gasteiger partial charge in [0, 0.05) is 43.2 Å². The van der Waals surface area contributed by atoms with Crippen molar-refractivity contribution in [1.82, 2.24) is 10.6 Å². The van der Waals surface area contributed by atoms with Gasteiger partial charge in [-0.15, -0.1) is 0 Å². The van der Waals surface area contributed by atoms with Gasteiger partial charge in [0.2, 0.25) is 5.91 Å². The number of nitrogens with one attached hydrogen (secondary N) is 2. The topological polar surface area (TPSA) is 59.6 Å². The highest BCUT2D eigenvalue weighted by atomic mass is 16.5. The van der Waals surface area contributed by atoms with Crippen molar-refractivity contribution in [2.24, 2.45) is 10.8 Å². The highest BCUT2D eigenvalue weighted by molar-refractivity contribution is 5.85. The molecule has 2 N–H and O–H groups in total. The van der Waals surface area contributed by atoms with Gasteiger partial charge in [-0.3, -0.25) is 4.79 Å². The molecule has 2 aliphatic heterocycles. The fourth-order valence-electron chi connectivity index (χ4n) is 4.21. The van der Waals surface area contributed by atoms with Crippen molar-refractivity contribution < 1.29 is 14.3 Å². The highest BCUT2D eigenvalue weighted by Gasteiger charge is 2.58. The van der Waals surface area contributed by atoms with Gasteiger partial charge >= 0.3 is 0 Å². The molecule has 5 nitrogen and oxygen atoms in total. The molecule has 3 aliphatic rings. The van der Waals surface area contributed by atoms with E-state index in [1.54, 1.807) is 0 Å². The normalized spacial score (nSPS) is 37.3. The Bertz CT molecular complexity index is 404. The van der Waals surface area contributed by atoms with Crippen LogP contribution in [0.4, 0.5) is 0 Å². The largest absolute Gasteiger partial charge is 0.381 e. The van der Waals surface area contributed by atoms with Crippen molar-refractivity contribution in [2.45, 2.75) is 58.2 Å². The molecule has 0 aromatic heterocycles. The summed E-state index contributed by atoms with van der Waals surface area (Å²) in [5.41, 5.74) is 0.132. The Morgan fingerprint density at radius 1 is 1.38 bits per heavy atom. The summed E-state index contributed by atoms with van der Waals surface area (Å²) in [7, 11) is 0. The fourth-order valence-corrected chi connectivity index (χ4v) is 4.21. The summed E-state index contributed by atoms with van der Waals surface area (Å²) in [5, 5.41) is 6.64. The van der Waals surface area contributed by atoms with Crippen LogP contribution < -0.4 is 10.6 Å². The molecule has 0 aromatic rings. The average Bonchev–Trinajstić information content (AvgIpc) is 2.73. The van der Waals surface area contributed by atoms with E-state index < -0.39 is 0 Å². The molecule has 2 saturated heterocycles. The lowest BCUT2D eigenvalue weighted by Gasteiger charge is -2.58. The smallest absolute Gasteiger partial charge is 0.237 e. The first-order chi connectivity index (χ1) is 9.99. The summed E-state index contributed by atoms with van der Waals surface area (Å²) in [5.74, 6) is 0.141. The lowest BCUT2D eigenvalue weighted by atomic mass is 9.57. The maximum absolute atomic E-state index is 12.1. The molecule has 3 atom stereocenters. The van der Waals surface area contributed by atoms with Crippen LogP contribution in [0.5, 0.6) is 0 Å². The molecular weight excluding hydrogens is 268 g/mol. The van der Waals surface area contributed by atoms with Gasteiger partial charge in [0.25, 0.3) is 0 Å². The van der Waals surface area contributed by atoms with Gasteiger partial charge in [-0.1, -0.05) is 13.8 Å². The van der Waals surface area contributed by atoms with E-state index in [1.807, 2.05) is 0 Å². The summed E-state index contributed by atoms with van der Waals surface area (Å²) in [4.78, 5) is 12.1. The van der Waals surface area contributed by atoms with Crippen LogP contribution in [-0.2, 0) is 14.3 Å². The maximum Gasteiger partial charge on any atom is 0.237 e. The molecular formula is C16H28N2O3. The lowest BCUT2D eigenvalue weighted by molar-refractivity contribution is -0.176. The van der Waals surface area contributed by atoms with E-state index >= 15 is 0 Å². The Hall–Kier alpha value is -0.650. The zero-order chi connectivity index (χ0) is 15.1. The fraction of sp³-hybridized carbons (Fsp3) is 0.938. The highest BCUT2D eigenvalue weighted by Crippen LogP contribution is 2.51. The summed E-state index contributed by atoms with van der Waals surface area (Å²) in [6.45, 7) is 9.48. The first kappa shape index (κ1) is 15.3. The first-order valence-electron chi connectivity index (χ1n) is 8.23. The van der Waals surface area contributed by atoms with Gasteiger partial charge in [-0.2, -0.15) is 0 Å². The Kier molecular flexibility index (Phi) is 4.01. The van der Waals surface area contributed by atoms with E-state index in [0.717, 1.165) is 45.6 Å². The maximum atomic E-state index is 12.1. The van der Waals surface area contributed by atoms with Crippen molar-refractivity contribution in [3.63, 3.8) is 0 Å². The molecule has 5 heteroatoms. The summed E-state index contributed by atoms with van der Waals surface area (Å²) in [6.07, 6.45) is 3.39. The summed E-state index contributed by atoms with van der Waals surface area (Å²) in [6, 6.07) is 0.274. The van der Waals surface area contributed by atoms with Crippen molar-refractivity contribution in [3.8, 4) is 0 Å². The minimum absolute atomic E-state index is 0.0276. The van der Waals surface area contributed by atoms with Gasteiger partial charge in [-0.05, 0) is 26.2 Å². The van der Waals surface area contributed by atoms with E-state index in [4.69, 9.17) is 9.47 Å². The minimum atomic E-state index is -0.0928. The van der Waals surface area contributed by atoms with Crippen molar-refractivity contribution >= 4 is 5.91 Å². The van der Waals surface area contributed by atoms with Gasteiger partial charge in [0.05, 0.1) is 12.1 Å². The Labute approximate surface area is 127 Å². The number of rotatable bonds is 4. The molecule has 120 valence electrons. The van der Waals surface area contributed by atoms with Crippen LogP contribution in [0.25, 0.3) is 0 Å². The number of carbonyl (C=O) groups excluding carboxylic acids is 1. The monoisotopic (exact) mass is 296 g/mol. The standard InChI is InChI=1S/C16H28N2O3/c1-4-21-12-9-11(16(12)5-7-20-8-6-16)18-13-14(19)17-10-15(13,2)3/h11-13,18H,4-10H2,1-3H3,(H,17,19). The van der Waals surface area contributed by atoms with Gasteiger partial charge < -0.3 is 20.1 Å². The molecule has 1 amide bonds. The van der Waals surface area contributed by atoms with Gasteiger partial charge in [-0.25, -0.2) is 0 Å². The number of hydrogen-bond donors (Lipinski definition) is 2. The predicted octanol–water partition coefficient (Wildman–Crippen LogP) is 1.07. The van der Waals surface area contributed by atoms with Crippen molar-refractivity contribution in [1.29, 1.82) is 0 Å². The molecule has 3 fully saturated rings. The molecule has 0 bridgehead atoms. The van der Waals surface area contributed by atoms with E-state index in [-0.39, 0.29) is 22.8 Å². The molecule has 1 spiro atoms. The number of amides is 1. The molecule has 1 aliphatic carbocycles. The number of carbonyl (C=O) groups is 1. The molecule has 2 heterocycles. The molecule has 0 aromatic carbocycles. The second kappa shape index (κ2) is 5.52. The Morgan fingerprint density at radius 2 is 2.10 bits per heavy atom. The molecule has 3 rings (SSSR count). The zero-order valence-electron chi connectivity index (χ0n) is 13.4. The van der Waals surface area contributed by atoms with Gasteiger partial charge in [0.15, 0.2) is 0 Å². The van der Waals surface area contributed by atoms with E-state index in [2.05, 4.69) is 31.4 Å². The number of hydrogen-bond acceptors (Lipinski definition) is 4. The molecule has 21 heavy (non-hydrogen) atoms. The van der Waals surface area contributed by atoms with E-state index in [9.17, 15) is 4.79 Å². The van der Waals surface area contributed by atoms with Crippen LogP contribution in [0, 0.1) is 10.8 Å². The Balaban J connectivity index is 1.72.